The topological polar surface area (TPSA) is 25.2 Å². The summed E-state index contributed by atoms with van der Waals surface area (Å²) in [5.41, 5.74) is 2.45. The summed E-state index contributed by atoms with van der Waals surface area (Å²) in [6, 6.07) is 10.1. The van der Waals surface area contributed by atoms with Crippen LogP contribution in [0.15, 0.2) is 47.3 Å². The SMILES string of the molecule is CNCC(Cc1ccoc1)Cc1ccccc1Cl. The minimum atomic E-state index is 0.521. The number of hydrogen-bond donors (Lipinski definition) is 1. The van der Waals surface area contributed by atoms with Crippen LogP contribution in [0.1, 0.15) is 11.1 Å². The van der Waals surface area contributed by atoms with Crippen molar-refractivity contribution in [1.29, 1.82) is 0 Å². The molecule has 2 aromatic rings. The first kappa shape index (κ1) is 13.2. The minimum Gasteiger partial charge on any atom is -0.472 e. The molecule has 0 bridgehead atoms. The maximum Gasteiger partial charge on any atom is 0.0934 e. The van der Waals surface area contributed by atoms with Gasteiger partial charge in [0, 0.05) is 5.02 Å². The summed E-state index contributed by atoms with van der Waals surface area (Å²) in [6.07, 6.45) is 5.52. The molecule has 1 N–H and O–H groups in total. The van der Waals surface area contributed by atoms with Gasteiger partial charge >= 0.3 is 0 Å². The Morgan fingerprint density at radius 2 is 2.06 bits per heavy atom. The van der Waals surface area contributed by atoms with Crippen LogP contribution in [0.25, 0.3) is 0 Å². The fourth-order valence-corrected chi connectivity index (χ4v) is 2.44. The maximum absolute atomic E-state index is 6.21. The van der Waals surface area contributed by atoms with Gasteiger partial charge < -0.3 is 9.73 Å². The number of nitrogens with one attached hydrogen (secondary N) is 1. The van der Waals surface area contributed by atoms with Crippen LogP contribution in [0.3, 0.4) is 0 Å². The molecule has 2 rings (SSSR count). The van der Waals surface area contributed by atoms with Gasteiger partial charge in [-0.15, -0.1) is 0 Å². The second-order valence-corrected chi connectivity index (χ2v) is 4.96. The first-order valence-corrected chi connectivity index (χ1v) is 6.56. The van der Waals surface area contributed by atoms with E-state index in [9.17, 15) is 0 Å². The number of furan rings is 1. The summed E-state index contributed by atoms with van der Waals surface area (Å²) >= 11 is 6.21. The molecule has 3 heteroatoms. The molecule has 1 unspecified atom stereocenters. The molecule has 0 saturated heterocycles. The Kier molecular flexibility index (Phi) is 4.85. The standard InChI is InChI=1S/C15H18ClNO/c1-17-10-13(8-12-6-7-18-11-12)9-14-4-2-3-5-15(14)16/h2-7,11,13,17H,8-10H2,1H3. The zero-order valence-electron chi connectivity index (χ0n) is 10.5. The van der Waals surface area contributed by atoms with Crippen LogP contribution < -0.4 is 5.32 Å². The summed E-state index contributed by atoms with van der Waals surface area (Å²) in [7, 11) is 1.98. The molecule has 0 fully saturated rings. The lowest BCUT2D eigenvalue weighted by Crippen LogP contribution is -2.22. The van der Waals surface area contributed by atoms with E-state index in [1.54, 1.807) is 6.26 Å². The first-order valence-electron chi connectivity index (χ1n) is 6.18. The lowest BCUT2D eigenvalue weighted by Gasteiger charge is -2.16. The largest absolute Gasteiger partial charge is 0.472 e. The van der Waals surface area contributed by atoms with Crippen molar-refractivity contribution < 1.29 is 4.42 Å². The van der Waals surface area contributed by atoms with E-state index in [-0.39, 0.29) is 0 Å². The van der Waals surface area contributed by atoms with Gasteiger partial charge in [-0.3, -0.25) is 0 Å². The Morgan fingerprint density at radius 3 is 2.72 bits per heavy atom. The molecule has 2 nitrogen and oxygen atoms in total. The highest BCUT2D eigenvalue weighted by atomic mass is 35.5. The van der Waals surface area contributed by atoms with E-state index in [1.807, 2.05) is 37.6 Å². The van der Waals surface area contributed by atoms with Gasteiger partial charge in [-0.05, 0) is 55.6 Å². The molecular formula is C15H18ClNO. The lowest BCUT2D eigenvalue weighted by atomic mass is 9.93. The molecule has 1 aromatic carbocycles. The van der Waals surface area contributed by atoms with Gasteiger partial charge in [0.25, 0.3) is 0 Å². The zero-order valence-corrected chi connectivity index (χ0v) is 11.3. The van der Waals surface area contributed by atoms with E-state index in [4.69, 9.17) is 16.0 Å². The third-order valence-electron chi connectivity index (χ3n) is 3.06. The van der Waals surface area contributed by atoms with Crippen molar-refractivity contribution in [2.75, 3.05) is 13.6 Å². The van der Waals surface area contributed by atoms with Crippen LogP contribution >= 0.6 is 11.6 Å². The summed E-state index contributed by atoms with van der Waals surface area (Å²) in [4.78, 5) is 0. The quantitative estimate of drug-likeness (QED) is 0.862. The highest BCUT2D eigenvalue weighted by Gasteiger charge is 2.12. The van der Waals surface area contributed by atoms with Gasteiger partial charge in [-0.1, -0.05) is 29.8 Å². The summed E-state index contributed by atoms with van der Waals surface area (Å²) < 4.78 is 5.12. The van der Waals surface area contributed by atoms with E-state index in [1.165, 1.54) is 11.1 Å². The van der Waals surface area contributed by atoms with Crippen molar-refractivity contribution in [2.45, 2.75) is 12.8 Å². The molecule has 1 heterocycles. The molecule has 0 saturated carbocycles. The molecule has 18 heavy (non-hydrogen) atoms. The molecule has 0 radical (unpaired) electrons. The molecule has 0 aliphatic rings. The van der Waals surface area contributed by atoms with E-state index in [0.29, 0.717) is 5.92 Å². The van der Waals surface area contributed by atoms with Crippen molar-refractivity contribution in [2.24, 2.45) is 5.92 Å². The predicted octanol–water partition coefficient (Wildman–Crippen LogP) is 3.55. The van der Waals surface area contributed by atoms with Crippen molar-refractivity contribution in [3.8, 4) is 0 Å². The van der Waals surface area contributed by atoms with Crippen LogP contribution in [-0.2, 0) is 12.8 Å². The normalized spacial score (nSPS) is 12.6. The Bertz CT molecular complexity index is 467. The maximum atomic E-state index is 6.21. The van der Waals surface area contributed by atoms with Crippen LogP contribution in [0, 0.1) is 5.92 Å². The highest BCUT2D eigenvalue weighted by Crippen LogP contribution is 2.21. The van der Waals surface area contributed by atoms with E-state index >= 15 is 0 Å². The van der Waals surface area contributed by atoms with Gasteiger partial charge in [0.15, 0.2) is 0 Å². The monoisotopic (exact) mass is 263 g/mol. The average molecular weight is 264 g/mol. The van der Waals surface area contributed by atoms with Crippen molar-refractivity contribution in [3.63, 3.8) is 0 Å². The summed E-state index contributed by atoms with van der Waals surface area (Å²) in [5.74, 6) is 0.521. The Morgan fingerprint density at radius 1 is 1.22 bits per heavy atom. The van der Waals surface area contributed by atoms with E-state index < -0.39 is 0 Å². The third kappa shape index (κ3) is 3.62. The van der Waals surface area contributed by atoms with Crippen molar-refractivity contribution in [3.05, 3.63) is 59.0 Å². The lowest BCUT2D eigenvalue weighted by molar-refractivity contribution is 0.488. The average Bonchev–Trinajstić information content (AvgIpc) is 2.85. The van der Waals surface area contributed by atoms with Crippen molar-refractivity contribution >= 4 is 11.6 Å². The molecule has 1 aromatic heterocycles. The third-order valence-corrected chi connectivity index (χ3v) is 3.43. The molecular weight excluding hydrogens is 246 g/mol. The molecule has 0 amide bonds. The van der Waals surface area contributed by atoms with Gasteiger partial charge in [-0.25, -0.2) is 0 Å². The number of benzene rings is 1. The highest BCUT2D eigenvalue weighted by molar-refractivity contribution is 6.31. The van der Waals surface area contributed by atoms with Crippen LogP contribution in [0.5, 0.6) is 0 Å². The van der Waals surface area contributed by atoms with Crippen LogP contribution in [0.4, 0.5) is 0 Å². The van der Waals surface area contributed by atoms with Gasteiger partial charge in [0.05, 0.1) is 12.5 Å². The minimum absolute atomic E-state index is 0.521. The van der Waals surface area contributed by atoms with E-state index in [2.05, 4.69) is 11.4 Å². The second-order valence-electron chi connectivity index (χ2n) is 4.55. The molecule has 0 aliphatic carbocycles. The summed E-state index contributed by atoms with van der Waals surface area (Å²) in [6.45, 7) is 0.969. The molecule has 0 spiro atoms. The van der Waals surface area contributed by atoms with Gasteiger partial charge in [-0.2, -0.15) is 0 Å². The zero-order chi connectivity index (χ0) is 12.8. The fraction of sp³-hybridized carbons (Fsp3) is 0.333. The fourth-order valence-electron chi connectivity index (χ4n) is 2.22. The Balaban J connectivity index is 2.04. The number of rotatable bonds is 6. The second kappa shape index (κ2) is 6.62. The number of halogens is 1. The van der Waals surface area contributed by atoms with Gasteiger partial charge in [0.2, 0.25) is 0 Å². The van der Waals surface area contributed by atoms with Crippen molar-refractivity contribution in [1.82, 2.24) is 5.32 Å². The van der Waals surface area contributed by atoms with Gasteiger partial charge in [0.1, 0.15) is 0 Å². The Labute approximate surface area is 113 Å². The first-order chi connectivity index (χ1) is 8.79. The summed E-state index contributed by atoms with van der Waals surface area (Å²) in [5, 5.41) is 4.10. The smallest absolute Gasteiger partial charge is 0.0934 e. The Hall–Kier alpha value is -1.25. The molecule has 1 atom stereocenters. The molecule has 96 valence electrons. The van der Waals surface area contributed by atoms with Crippen LogP contribution in [-0.4, -0.2) is 13.6 Å². The van der Waals surface area contributed by atoms with E-state index in [0.717, 1.165) is 24.4 Å². The number of hydrogen-bond acceptors (Lipinski definition) is 2. The molecule has 0 aliphatic heterocycles. The predicted molar refractivity (Wildman–Crippen MR) is 75.0 cm³/mol. The van der Waals surface area contributed by atoms with Crippen LogP contribution in [0.2, 0.25) is 5.02 Å².